The Morgan fingerprint density at radius 2 is 1.70 bits per heavy atom. The second kappa shape index (κ2) is 9.90. The number of nitrogens with zero attached hydrogens (tertiary/aromatic N) is 3. The largest absolute Gasteiger partial charge is 0.348 e. The van der Waals surface area contributed by atoms with Gasteiger partial charge in [0.2, 0.25) is 0 Å². The molecule has 2 aliphatic heterocycles. The maximum absolute atomic E-state index is 13.9. The van der Waals surface area contributed by atoms with Gasteiger partial charge in [0.1, 0.15) is 11.9 Å². The van der Waals surface area contributed by atoms with Crippen molar-refractivity contribution in [2.45, 2.75) is 33.5 Å². The average molecular weight is 480 g/mol. The van der Waals surface area contributed by atoms with Crippen LogP contribution in [0.3, 0.4) is 0 Å². The van der Waals surface area contributed by atoms with Crippen LogP contribution in [0.15, 0.2) is 78.6 Å². The summed E-state index contributed by atoms with van der Waals surface area (Å²) in [4.78, 5) is 9.30. The Kier molecular flexibility index (Phi) is 6.96. The van der Waals surface area contributed by atoms with Crippen LogP contribution in [0.2, 0.25) is 10.0 Å². The molecule has 1 unspecified atom stereocenters. The lowest BCUT2D eigenvalue weighted by Crippen LogP contribution is -2.01. The highest BCUT2D eigenvalue weighted by Gasteiger charge is 2.17. The number of aromatic nitrogens is 3. The molecule has 0 N–H and O–H groups in total. The molecular weight excluding hydrogens is 456 g/mol. The van der Waals surface area contributed by atoms with Crippen LogP contribution in [0.5, 0.6) is 0 Å². The van der Waals surface area contributed by atoms with Crippen LogP contribution >= 0.6 is 23.2 Å². The van der Waals surface area contributed by atoms with Crippen LogP contribution in [0, 0.1) is 0 Å². The lowest BCUT2D eigenvalue weighted by atomic mass is 10.0. The fourth-order valence-electron chi connectivity index (χ4n) is 3.62. The average Bonchev–Trinajstić information content (AvgIpc) is 3.22. The number of alkyl halides is 1. The number of hydrogen-bond donors (Lipinski definition) is 0. The summed E-state index contributed by atoms with van der Waals surface area (Å²) in [5, 5.41) is 1.09. The lowest BCUT2D eigenvalue weighted by Gasteiger charge is -2.09. The summed E-state index contributed by atoms with van der Waals surface area (Å²) in [6, 6.07) is 15.9. The molecule has 168 valence electrons. The van der Waals surface area contributed by atoms with Crippen molar-refractivity contribution in [1.29, 1.82) is 0 Å². The third kappa shape index (κ3) is 5.18. The first-order valence-electron chi connectivity index (χ1n) is 10.7. The number of pyridine rings is 1. The van der Waals surface area contributed by atoms with Crippen molar-refractivity contribution >= 4 is 28.8 Å². The van der Waals surface area contributed by atoms with E-state index in [1.54, 1.807) is 13.0 Å². The molecule has 2 heterocycles. The van der Waals surface area contributed by atoms with Crippen molar-refractivity contribution in [3.05, 3.63) is 100 Å². The molecule has 2 aliphatic rings. The van der Waals surface area contributed by atoms with E-state index in [1.807, 2.05) is 49.7 Å². The molecule has 0 aliphatic carbocycles. The first-order chi connectivity index (χ1) is 15.9. The fraction of sp³-hybridized carbons (Fsp3) is 0.185. The van der Waals surface area contributed by atoms with Crippen LogP contribution < -0.4 is 0 Å². The molecule has 0 saturated heterocycles. The zero-order chi connectivity index (χ0) is 23.5. The molecule has 2 aromatic carbocycles. The molecule has 0 radical (unpaired) electrons. The minimum atomic E-state index is -1.06. The molecule has 33 heavy (non-hydrogen) atoms. The minimum absolute atomic E-state index is 0.542. The molecule has 0 amide bonds. The predicted molar refractivity (Wildman–Crippen MR) is 136 cm³/mol. The monoisotopic (exact) mass is 479 g/mol. The van der Waals surface area contributed by atoms with E-state index in [0.717, 1.165) is 33.7 Å². The number of imidazole rings is 1. The molecule has 3 nitrogen and oxygen atoms in total. The van der Waals surface area contributed by atoms with Gasteiger partial charge in [-0.3, -0.25) is 0 Å². The van der Waals surface area contributed by atoms with Gasteiger partial charge in [-0.25, -0.2) is 14.4 Å². The van der Waals surface area contributed by atoms with Crippen LogP contribution in [0.25, 0.3) is 28.1 Å². The Hall–Kier alpha value is -2.95. The Balaban J connectivity index is 1.58. The van der Waals surface area contributed by atoms with Crippen LogP contribution in [-0.4, -0.2) is 20.7 Å². The van der Waals surface area contributed by atoms with Gasteiger partial charge in [-0.15, -0.1) is 0 Å². The van der Waals surface area contributed by atoms with Gasteiger partial charge in [0.25, 0.3) is 0 Å². The third-order valence-corrected chi connectivity index (χ3v) is 6.33. The number of hydrogen-bond acceptors (Lipinski definition) is 2. The summed E-state index contributed by atoms with van der Waals surface area (Å²) in [6.07, 6.45) is 6.64. The highest BCUT2D eigenvalue weighted by Crippen LogP contribution is 2.29. The van der Waals surface area contributed by atoms with E-state index in [9.17, 15) is 4.39 Å². The highest BCUT2D eigenvalue weighted by atomic mass is 35.5. The zero-order valence-corrected chi connectivity index (χ0v) is 20.2. The molecule has 2 aromatic rings. The Morgan fingerprint density at radius 1 is 1.00 bits per heavy atom. The van der Waals surface area contributed by atoms with Gasteiger partial charge in [-0.1, -0.05) is 65.7 Å². The van der Waals surface area contributed by atoms with Gasteiger partial charge in [-0.2, -0.15) is 0 Å². The van der Waals surface area contributed by atoms with Crippen LogP contribution in [0.1, 0.15) is 32.2 Å². The highest BCUT2D eigenvalue weighted by molar-refractivity contribution is 6.42. The van der Waals surface area contributed by atoms with Crippen molar-refractivity contribution in [2.24, 2.45) is 0 Å². The lowest BCUT2D eigenvalue weighted by molar-refractivity contribution is 0.412. The molecule has 6 heteroatoms. The van der Waals surface area contributed by atoms with E-state index >= 15 is 0 Å². The maximum atomic E-state index is 13.9. The molecule has 0 aromatic heterocycles. The summed E-state index contributed by atoms with van der Waals surface area (Å²) >= 11 is 12.2. The number of halogens is 3. The topological polar surface area (TPSA) is 30.7 Å². The molecule has 4 rings (SSSR count). The molecule has 1 atom stereocenters. The van der Waals surface area contributed by atoms with E-state index in [-0.39, 0.29) is 0 Å². The standard InChI is InChI=1S/C27H24Cl2FN3/c1-4-5-22(17(2)18(3)30)27-31-25-12-13-33(16-26(25)32-27)15-19-6-8-20(9-7-19)21-10-11-23(28)24(29)14-21/h4-14,16,18H,15H2,1-3H3/b5-4-,22-17+. The Bertz CT molecular complexity index is 1300. The quantitative estimate of drug-likeness (QED) is 0.261. The van der Waals surface area contributed by atoms with Gasteiger partial charge in [0, 0.05) is 24.5 Å². The fourth-order valence-corrected chi connectivity index (χ4v) is 3.92. The SMILES string of the molecule is C/C=C\C(=C(\C)C(C)F)c1nc2ccn(Cc3ccc(-c4ccc(Cl)c(Cl)c4)cc3)cc-2n1. The van der Waals surface area contributed by atoms with Crippen molar-refractivity contribution in [2.75, 3.05) is 0 Å². The normalized spacial score (nSPS) is 13.5. The number of rotatable bonds is 6. The second-order valence-corrected chi connectivity index (χ2v) is 8.79. The zero-order valence-electron chi connectivity index (χ0n) is 18.7. The van der Waals surface area contributed by atoms with Gasteiger partial charge in [0.05, 0.1) is 15.7 Å². The predicted octanol–water partition coefficient (Wildman–Crippen LogP) is 8.11. The van der Waals surface area contributed by atoms with Crippen molar-refractivity contribution in [3.8, 4) is 22.5 Å². The first kappa shape index (κ1) is 23.2. The Morgan fingerprint density at radius 3 is 2.36 bits per heavy atom. The van der Waals surface area contributed by atoms with E-state index in [1.165, 1.54) is 6.92 Å². The van der Waals surface area contributed by atoms with Gasteiger partial charge < -0.3 is 4.57 Å². The second-order valence-electron chi connectivity index (χ2n) is 7.97. The minimum Gasteiger partial charge on any atom is -0.348 e. The molecule has 0 saturated carbocycles. The van der Waals surface area contributed by atoms with Crippen LogP contribution in [0.4, 0.5) is 4.39 Å². The number of allylic oxidation sites excluding steroid dienone is 4. The summed E-state index contributed by atoms with van der Waals surface area (Å²) < 4.78 is 16.0. The van der Waals surface area contributed by atoms with Gasteiger partial charge in [-0.05, 0) is 61.2 Å². The number of fused-ring (bicyclic) bond motifs is 1. The van der Waals surface area contributed by atoms with E-state index in [0.29, 0.717) is 28.0 Å². The van der Waals surface area contributed by atoms with Crippen molar-refractivity contribution < 1.29 is 4.39 Å². The van der Waals surface area contributed by atoms with Crippen molar-refractivity contribution in [3.63, 3.8) is 0 Å². The maximum Gasteiger partial charge on any atom is 0.160 e. The van der Waals surface area contributed by atoms with Gasteiger partial charge >= 0.3 is 0 Å². The smallest absolute Gasteiger partial charge is 0.160 e. The molecular formula is C27H24Cl2FN3. The third-order valence-electron chi connectivity index (χ3n) is 5.59. The first-order valence-corrected chi connectivity index (χ1v) is 11.5. The summed E-state index contributed by atoms with van der Waals surface area (Å²) in [5.74, 6) is 0.550. The van der Waals surface area contributed by atoms with Gasteiger partial charge in [0.15, 0.2) is 5.82 Å². The number of benzene rings is 2. The van der Waals surface area contributed by atoms with Crippen LogP contribution in [-0.2, 0) is 6.54 Å². The molecule has 0 spiro atoms. The summed E-state index contributed by atoms with van der Waals surface area (Å²) in [6.45, 7) is 5.91. The molecule has 0 bridgehead atoms. The van der Waals surface area contributed by atoms with E-state index in [4.69, 9.17) is 23.2 Å². The van der Waals surface area contributed by atoms with E-state index in [2.05, 4.69) is 38.8 Å². The van der Waals surface area contributed by atoms with E-state index < -0.39 is 6.17 Å². The van der Waals surface area contributed by atoms with Crippen molar-refractivity contribution in [1.82, 2.24) is 14.5 Å². The Labute approximate surface area is 203 Å². The molecule has 0 fully saturated rings. The summed E-state index contributed by atoms with van der Waals surface area (Å²) in [5.41, 5.74) is 6.17. The summed E-state index contributed by atoms with van der Waals surface area (Å²) in [7, 11) is 0.